The van der Waals surface area contributed by atoms with Crippen molar-refractivity contribution in [3.63, 3.8) is 0 Å². The van der Waals surface area contributed by atoms with Crippen molar-refractivity contribution in [2.45, 2.75) is 44.6 Å². The quantitative estimate of drug-likeness (QED) is 0.793. The molecule has 1 saturated heterocycles. The van der Waals surface area contributed by atoms with E-state index in [9.17, 15) is 9.59 Å². The molecule has 20 heavy (non-hydrogen) atoms. The maximum Gasteiger partial charge on any atom is 0.320 e. The molecule has 0 aromatic carbocycles. The Kier molecular flexibility index (Phi) is 5.23. The van der Waals surface area contributed by atoms with Crippen LogP contribution in [0.15, 0.2) is 0 Å². The second-order valence-electron chi connectivity index (χ2n) is 5.76. The minimum atomic E-state index is -0.812. The van der Waals surface area contributed by atoms with Gasteiger partial charge in [0.25, 0.3) is 0 Å². The number of carboxylic acid groups (broad SMARTS) is 1. The topological polar surface area (TPSA) is 81.1 Å². The molecule has 2 aliphatic rings. The van der Waals surface area contributed by atoms with Crippen LogP contribution in [0.2, 0.25) is 0 Å². The van der Waals surface area contributed by atoms with Gasteiger partial charge in [-0.2, -0.15) is 0 Å². The van der Waals surface area contributed by atoms with Crippen LogP contribution in [0.1, 0.15) is 38.5 Å². The first-order chi connectivity index (χ1) is 9.63. The van der Waals surface area contributed by atoms with Gasteiger partial charge in [-0.1, -0.05) is 0 Å². The van der Waals surface area contributed by atoms with E-state index in [0.717, 1.165) is 25.7 Å². The number of carbonyl (C=O) groups is 2. The van der Waals surface area contributed by atoms with Crippen LogP contribution in [0.4, 0.5) is 4.79 Å². The zero-order valence-electron chi connectivity index (χ0n) is 11.8. The number of aliphatic carboxylic acids is 1. The summed E-state index contributed by atoms with van der Waals surface area (Å²) in [7, 11) is 0. The lowest BCUT2D eigenvalue weighted by molar-refractivity contribution is -0.143. The van der Waals surface area contributed by atoms with Crippen molar-refractivity contribution in [3.05, 3.63) is 0 Å². The summed E-state index contributed by atoms with van der Waals surface area (Å²) in [5, 5.41) is 18.1. The van der Waals surface area contributed by atoms with E-state index >= 15 is 0 Å². The molecule has 2 N–H and O–H groups in total. The Bertz CT molecular complexity index is 357. The Balaban J connectivity index is 1.96. The first-order valence-electron chi connectivity index (χ1n) is 7.52. The maximum atomic E-state index is 12.6. The molecule has 1 atom stereocenters. The number of nitrogens with zero attached hydrogens (tertiary/aromatic N) is 2. The summed E-state index contributed by atoms with van der Waals surface area (Å²) in [6, 6.07) is 0.230. The van der Waals surface area contributed by atoms with E-state index in [2.05, 4.69) is 0 Å². The largest absolute Gasteiger partial charge is 0.481 e. The third kappa shape index (κ3) is 3.42. The average Bonchev–Trinajstić information content (AvgIpc) is 2.40. The monoisotopic (exact) mass is 284 g/mol. The van der Waals surface area contributed by atoms with Crippen LogP contribution in [0.5, 0.6) is 0 Å². The lowest BCUT2D eigenvalue weighted by Gasteiger charge is -2.42. The minimum absolute atomic E-state index is 0.0471. The van der Waals surface area contributed by atoms with Crippen molar-refractivity contribution in [1.82, 2.24) is 9.80 Å². The summed E-state index contributed by atoms with van der Waals surface area (Å²) in [6.07, 6.45) is 5.17. The predicted molar refractivity (Wildman–Crippen MR) is 73.4 cm³/mol. The van der Waals surface area contributed by atoms with Crippen molar-refractivity contribution < 1.29 is 19.8 Å². The van der Waals surface area contributed by atoms with E-state index in [1.165, 1.54) is 0 Å². The second-order valence-corrected chi connectivity index (χ2v) is 5.76. The van der Waals surface area contributed by atoms with Crippen molar-refractivity contribution in [1.29, 1.82) is 0 Å². The second kappa shape index (κ2) is 6.92. The Hall–Kier alpha value is -1.30. The fourth-order valence-electron chi connectivity index (χ4n) is 2.91. The number of piperidine rings is 1. The summed E-state index contributed by atoms with van der Waals surface area (Å²) in [6.45, 7) is 1.60. The number of hydrogen-bond acceptors (Lipinski definition) is 3. The third-order valence-corrected chi connectivity index (χ3v) is 4.36. The number of hydrogen-bond donors (Lipinski definition) is 2. The molecule has 6 nitrogen and oxygen atoms in total. The van der Waals surface area contributed by atoms with Gasteiger partial charge in [0.2, 0.25) is 0 Å². The number of likely N-dealkylation sites (tertiary alicyclic amines) is 1. The zero-order valence-corrected chi connectivity index (χ0v) is 11.8. The van der Waals surface area contributed by atoms with Crippen molar-refractivity contribution in [2.75, 3.05) is 26.2 Å². The maximum absolute atomic E-state index is 12.6. The summed E-state index contributed by atoms with van der Waals surface area (Å²) >= 11 is 0. The molecular formula is C14H24N2O4. The first-order valence-corrected chi connectivity index (χ1v) is 7.52. The van der Waals surface area contributed by atoms with Crippen LogP contribution >= 0.6 is 0 Å². The summed E-state index contributed by atoms with van der Waals surface area (Å²) < 4.78 is 0. The highest BCUT2D eigenvalue weighted by molar-refractivity contribution is 5.77. The molecule has 2 fully saturated rings. The van der Waals surface area contributed by atoms with Crippen LogP contribution < -0.4 is 0 Å². The third-order valence-electron chi connectivity index (χ3n) is 4.36. The van der Waals surface area contributed by atoms with Gasteiger partial charge < -0.3 is 20.0 Å². The molecule has 2 rings (SSSR count). The highest BCUT2D eigenvalue weighted by Gasteiger charge is 2.34. The summed E-state index contributed by atoms with van der Waals surface area (Å²) in [4.78, 5) is 27.2. The van der Waals surface area contributed by atoms with E-state index in [-0.39, 0.29) is 18.7 Å². The van der Waals surface area contributed by atoms with Gasteiger partial charge in [-0.3, -0.25) is 4.79 Å². The fraction of sp³-hybridized carbons (Fsp3) is 0.857. The number of carbonyl (C=O) groups excluding carboxylic acids is 1. The molecule has 114 valence electrons. The molecule has 0 bridgehead atoms. The summed E-state index contributed by atoms with van der Waals surface area (Å²) in [5.74, 6) is -1.25. The molecule has 0 radical (unpaired) electrons. The van der Waals surface area contributed by atoms with Crippen LogP contribution in [-0.2, 0) is 4.79 Å². The van der Waals surface area contributed by atoms with Crippen LogP contribution in [-0.4, -0.2) is 64.3 Å². The standard InChI is InChI=1S/C14H24N2O4/c17-9-3-8-16(12-5-1-6-12)14(20)15-7-2-4-11(10-15)13(18)19/h11-12,17H,1-10H2,(H,18,19)/t11-/m1/s1. The van der Waals surface area contributed by atoms with Crippen LogP contribution in [0, 0.1) is 5.92 Å². The van der Waals surface area contributed by atoms with E-state index in [0.29, 0.717) is 32.5 Å². The Morgan fingerprint density at radius 2 is 1.95 bits per heavy atom. The minimum Gasteiger partial charge on any atom is -0.481 e. The Morgan fingerprint density at radius 3 is 2.50 bits per heavy atom. The van der Waals surface area contributed by atoms with E-state index in [1.807, 2.05) is 4.90 Å². The molecule has 1 saturated carbocycles. The van der Waals surface area contributed by atoms with Crippen molar-refractivity contribution in [3.8, 4) is 0 Å². The summed E-state index contributed by atoms with van der Waals surface area (Å²) in [5.41, 5.74) is 0. The van der Waals surface area contributed by atoms with Gasteiger partial charge in [0, 0.05) is 32.3 Å². The normalized spacial score (nSPS) is 23.2. The average molecular weight is 284 g/mol. The lowest BCUT2D eigenvalue weighted by atomic mass is 9.91. The number of aliphatic hydroxyl groups excluding tert-OH is 1. The fourth-order valence-corrected chi connectivity index (χ4v) is 2.91. The number of urea groups is 1. The van der Waals surface area contributed by atoms with Gasteiger partial charge in [0.15, 0.2) is 0 Å². The first kappa shape index (κ1) is 15.1. The van der Waals surface area contributed by atoms with Crippen LogP contribution in [0.3, 0.4) is 0 Å². The predicted octanol–water partition coefficient (Wildman–Crippen LogP) is 1.14. The molecule has 2 amide bonds. The van der Waals surface area contributed by atoms with Crippen molar-refractivity contribution in [2.24, 2.45) is 5.92 Å². The van der Waals surface area contributed by atoms with Gasteiger partial charge in [0.1, 0.15) is 0 Å². The molecule has 0 spiro atoms. The number of rotatable bonds is 5. The Morgan fingerprint density at radius 1 is 1.20 bits per heavy atom. The molecule has 0 aromatic heterocycles. The number of carboxylic acids is 1. The van der Waals surface area contributed by atoms with Crippen LogP contribution in [0.25, 0.3) is 0 Å². The number of amides is 2. The van der Waals surface area contributed by atoms with Gasteiger partial charge in [0.05, 0.1) is 5.92 Å². The Labute approximate surface area is 119 Å². The van der Waals surface area contributed by atoms with Gasteiger partial charge in [-0.25, -0.2) is 4.79 Å². The molecule has 6 heteroatoms. The van der Waals surface area contributed by atoms with Crippen molar-refractivity contribution >= 4 is 12.0 Å². The highest BCUT2D eigenvalue weighted by atomic mass is 16.4. The van der Waals surface area contributed by atoms with Gasteiger partial charge >= 0.3 is 12.0 Å². The SMILES string of the molecule is O=C(O)[C@@H]1CCCN(C(=O)N(CCCO)C2CCC2)C1. The van der Waals surface area contributed by atoms with E-state index in [4.69, 9.17) is 10.2 Å². The molecule has 0 unspecified atom stereocenters. The van der Waals surface area contributed by atoms with E-state index in [1.54, 1.807) is 4.90 Å². The van der Waals surface area contributed by atoms with Gasteiger partial charge in [-0.15, -0.1) is 0 Å². The highest BCUT2D eigenvalue weighted by Crippen LogP contribution is 2.27. The molecule has 0 aromatic rings. The van der Waals surface area contributed by atoms with Gasteiger partial charge in [-0.05, 0) is 38.5 Å². The molecule has 1 aliphatic heterocycles. The lowest BCUT2D eigenvalue weighted by Crippen LogP contribution is -2.53. The van der Waals surface area contributed by atoms with E-state index < -0.39 is 11.9 Å². The zero-order chi connectivity index (χ0) is 14.5. The number of aliphatic hydroxyl groups is 1. The smallest absolute Gasteiger partial charge is 0.320 e. The molecular weight excluding hydrogens is 260 g/mol. The molecule has 1 heterocycles. The molecule has 1 aliphatic carbocycles.